The number of nitrogens with zero attached hydrogens (tertiary/aromatic N) is 1. The summed E-state index contributed by atoms with van der Waals surface area (Å²) in [5, 5.41) is 4.01. The number of sulfonamides is 1. The van der Waals surface area contributed by atoms with Crippen molar-refractivity contribution in [3.63, 3.8) is 0 Å². The fraction of sp³-hybridized carbons (Fsp3) is 0.471. The van der Waals surface area contributed by atoms with Gasteiger partial charge >= 0.3 is 0 Å². The van der Waals surface area contributed by atoms with Crippen LogP contribution in [0.1, 0.15) is 22.5 Å². The first-order valence-corrected chi connectivity index (χ1v) is 10.8. The van der Waals surface area contributed by atoms with Crippen molar-refractivity contribution >= 4 is 37.4 Å². The first kappa shape index (κ1) is 18.3. The zero-order valence-electron chi connectivity index (χ0n) is 14.3. The summed E-state index contributed by atoms with van der Waals surface area (Å²) in [6.45, 7) is 1.19. The molecule has 0 bridgehead atoms. The van der Waals surface area contributed by atoms with Crippen molar-refractivity contribution in [1.29, 1.82) is 0 Å². The summed E-state index contributed by atoms with van der Waals surface area (Å²) in [6.07, 6.45) is 2.34. The molecule has 136 valence electrons. The Labute approximate surface area is 151 Å². The van der Waals surface area contributed by atoms with Gasteiger partial charge in [0.05, 0.1) is 16.7 Å². The van der Waals surface area contributed by atoms with Gasteiger partial charge in [0.2, 0.25) is 10.0 Å². The summed E-state index contributed by atoms with van der Waals surface area (Å²) in [7, 11) is -1.57. The molecule has 1 aromatic heterocycles. The molecule has 3 rings (SSSR count). The number of ether oxygens (including phenoxy) is 1. The van der Waals surface area contributed by atoms with Crippen molar-refractivity contribution in [3.8, 4) is 0 Å². The molecule has 1 amide bonds. The van der Waals surface area contributed by atoms with Crippen molar-refractivity contribution in [3.05, 3.63) is 35.2 Å². The average molecular weight is 383 g/mol. The Hall–Kier alpha value is -1.48. The van der Waals surface area contributed by atoms with Crippen LogP contribution >= 0.6 is 11.3 Å². The maximum absolute atomic E-state index is 12.5. The third-order valence-electron chi connectivity index (χ3n) is 4.76. The van der Waals surface area contributed by atoms with Crippen LogP contribution in [0.2, 0.25) is 0 Å². The number of methoxy groups -OCH3 is 1. The summed E-state index contributed by atoms with van der Waals surface area (Å²) in [5.74, 6) is -0.122. The third kappa shape index (κ3) is 4.03. The van der Waals surface area contributed by atoms with Crippen LogP contribution in [0.4, 0.5) is 0 Å². The minimum Gasteiger partial charge on any atom is -0.376 e. The van der Waals surface area contributed by atoms with E-state index in [4.69, 9.17) is 4.74 Å². The van der Waals surface area contributed by atoms with Crippen LogP contribution in [-0.4, -0.2) is 57.2 Å². The summed E-state index contributed by atoms with van der Waals surface area (Å²) >= 11 is 1.46. The minimum absolute atomic E-state index is 0.122. The Balaban J connectivity index is 1.64. The van der Waals surface area contributed by atoms with Crippen LogP contribution in [-0.2, 0) is 14.8 Å². The van der Waals surface area contributed by atoms with Crippen LogP contribution in [0, 0.1) is 0 Å². The van der Waals surface area contributed by atoms with E-state index in [2.05, 4.69) is 5.32 Å². The quantitative estimate of drug-likeness (QED) is 0.859. The molecule has 1 fully saturated rings. The maximum atomic E-state index is 12.5. The van der Waals surface area contributed by atoms with E-state index in [1.807, 2.05) is 30.3 Å². The summed E-state index contributed by atoms with van der Waals surface area (Å²) in [4.78, 5) is 13.1. The van der Waals surface area contributed by atoms with E-state index in [-0.39, 0.29) is 5.91 Å². The highest BCUT2D eigenvalue weighted by Gasteiger charge is 2.37. The zero-order valence-corrected chi connectivity index (χ0v) is 16.0. The Bertz CT molecular complexity index is 835. The van der Waals surface area contributed by atoms with E-state index in [1.165, 1.54) is 21.9 Å². The highest BCUT2D eigenvalue weighted by Crippen LogP contribution is 2.28. The number of carbonyl (C=O) groups is 1. The molecule has 1 aliphatic heterocycles. The van der Waals surface area contributed by atoms with E-state index < -0.39 is 15.6 Å². The van der Waals surface area contributed by atoms with E-state index in [0.29, 0.717) is 37.4 Å². The van der Waals surface area contributed by atoms with Gasteiger partial charge in [0.1, 0.15) is 0 Å². The third-order valence-corrected chi connectivity index (χ3v) is 7.17. The van der Waals surface area contributed by atoms with Crippen molar-refractivity contribution in [2.45, 2.75) is 18.4 Å². The molecule has 0 atom stereocenters. The highest BCUT2D eigenvalue weighted by molar-refractivity contribution is 7.88. The molecule has 0 saturated carbocycles. The van der Waals surface area contributed by atoms with Gasteiger partial charge in [-0.15, -0.1) is 11.3 Å². The normalized spacial score (nSPS) is 18.3. The van der Waals surface area contributed by atoms with E-state index in [0.717, 1.165) is 10.1 Å². The number of piperidine rings is 1. The predicted molar refractivity (Wildman–Crippen MR) is 99.5 cm³/mol. The fourth-order valence-corrected chi connectivity index (χ4v) is 4.93. The van der Waals surface area contributed by atoms with E-state index in [1.54, 1.807) is 7.11 Å². The van der Waals surface area contributed by atoms with Crippen LogP contribution in [0.25, 0.3) is 10.1 Å². The van der Waals surface area contributed by atoms with Crippen LogP contribution < -0.4 is 5.32 Å². The Morgan fingerprint density at radius 3 is 2.60 bits per heavy atom. The predicted octanol–water partition coefficient (Wildman–Crippen LogP) is 2.07. The Morgan fingerprint density at radius 2 is 2.00 bits per heavy atom. The number of nitrogens with one attached hydrogen (secondary N) is 1. The molecule has 1 N–H and O–H groups in total. The second-order valence-corrected chi connectivity index (χ2v) is 9.45. The lowest BCUT2D eigenvalue weighted by atomic mass is 9.92. The van der Waals surface area contributed by atoms with Crippen molar-refractivity contribution < 1.29 is 17.9 Å². The maximum Gasteiger partial charge on any atom is 0.261 e. The first-order chi connectivity index (χ1) is 11.8. The van der Waals surface area contributed by atoms with E-state index >= 15 is 0 Å². The monoisotopic (exact) mass is 382 g/mol. The van der Waals surface area contributed by atoms with Gasteiger partial charge in [-0.05, 0) is 30.4 Å². The van der Waals surface area contributed by atoms with Gasteiger partial charge in [-0.1, -0.05) is 18.2 Å². The summed E-state index contributed by atoms with van der Waals surface area (Å²) < 4.78 is 31.5. The van der Waals surface area contributed by atoms with Gasteiger partial charge < -0.3 is 10.1 Å². The molecule has 0 radical (unpaired) electrons. The minimum atomic E-state index is -3.18. The number of fused-ring (bicyclic) bond motifs is 1. The standard InChI is InChI=1S/C17H22N2O4S2/c1-23-17(7-9-19(10-8-17)25(2,21)22)12-18-16(20)15-11-13-5-3-4-6-14(13)24-15/h3-6,11H,7-10,12H2,1-2H3,(H,18,20). The van der Waals surface area contributed by atoms with Gasteiger partial charge in [-0.25, -0.2) is 12.7 Å². The molecular weight excluding hydrogens is 360 g/mol. The van der Waals surface area contributed by atoms with Gasteiger partial charge in [0.25, 0.3) is 5.91 Å². The summed E-state index contributed by atoms with van der Waals surface area (Å²) in [5.41, 5.74) is -0.520. The van der Waals surface area contributed by atoms with Crippen LogP contribution in [0.3, 0.4) is 0 Å². The van der Waals surface area contributed by atoms with Gasteiger partial charge in [-0.3, -0.25) is 4.79 Å². The van der Waals surface area contributed by atoms with Gasteiger partial charge in [0.15, 0.2) is 0 Å². The number of thiophene rings is 1. The summed E-state index contributed by atoms with van der Waals surface area (Å²) in [6, 6.07) is 9.78. The topological polar surface area (TPSA) is 75.7 Å². The second-order valence-electron chi connectivity index (χ2n) is 6.38. The molecule has 6 nitrogen and oxygen atoms in total. The SMILES string of the molecule is COC1(CNC(=O)c2cc3ccccc3s2)CCN(S(C)(=O)=O)CC1. The number of carbonyl (C=O) groups excluding carboxylic acids is 1. The number of benzene rings is 1. The Morgan fingerprint density at radius 1 is 1.32 bits per heavy atom. The molecule has 2 aromatic rings. The van der Waals surface area contributed by atoms with Crippen LogP contribution in [0.5, 0.6) is 0 Å². The van der Waals surface area contributed by atoms with Gasteiger partial charge in [-0.2, -0.15) is 0 Å². The highest BCUT2D eigenvalue weighted by atomic mass is 32.2. The number of hydrogen-bond acceptors (Lipinski definition) is 5. The average Bonchev–Trinajstić information content (AvgIpc) is 3.03. The van der Waals surface area contributed by atoms with Gasteiger partial charge in [0, 0.05) is 31.4 Å². The fourth-order valence-electron chi connectivity index (χ4n) is 3.10. The zero-order chi connectivity index (χ0) is 18.1. The lowest BCUT2D eigenvalue weighted by Crippen LogP contribution is -2.52. The lowest BCUT2D eigenvalue weighted by Gasteiger charge is -2.39. The molecule has 0 unspecified atom stereocenters. The van der Waals surface area contributed by atoms with Crippen molar-refractivity contribution in [2.24, 2.45) is 0 Å². The number of hydrogen-bond donors (Lipinski definition) is 1. The molecule has 1 aromatic carbocycles. The van der Waals surface area contributed by atoms with E-state index in [9.17, 15) is 13.2 Å². The molecule has 0 spiro atoms. The molecule has 2 heterocycles. The molecular formula is C17H22N2O4S2. The lowest BCUT2D eigenvalue weighted by molar-refractivity contribution is -0.0424. The molecule has 1 aliphatic rings. The molecule has 1 saturated heterocycles. The molecule has 0 aliphatic carbocycles. The first-order valence-electron chi connectivity index (χ1n) is 8.10. The van der Waals surface area contributed by atoms with Crippen LogP contribution in [0.15, 0.2) is 30.3 Å². The molecule has 25 heavy (non-hydrogen) atoms. The molecule has 8 heteroatoms. The second kappa shape index (κ2) is 7.03. The Kier molecular flexibility index (Phi) is 5.15. The van der Waals surface area contributed by atoms with Crippen molar-refractivity contribution in [1.82, 2.24) is 9.62 Å². The number of amides is 1. The van der Waals surface area contributed by atoms with Crippen molar-refractivity contribution in [2.75, 3.05) is 33.0 Å². The number of rotatable bonds is 5. The smallest absolute Gasteiger partial charge is 0.261 e. The largest absolute Gasteiger partial charge is 0.376 e.